The highest BCUT2D eigenvalue weighted by atomic mass is 35.5. The van der Waals surface area contributed by atoms with Gasteiger partial charge in [0.15, 0.2) is 11.6 Å². The van der Waals surface area contributed by atoms with E-state index in [2.05, 4.69) is 4.98 Å². The molecule has 0 aliphatic carbocycles. The summed E-state index contributed by atoms with van der Waals surface area (Å²) in [4.78, 5) is 16.0. The van der Waals surface area contributed by atoms with Crippen molar-refractivity contribution in [3.8, 4) is 17.8 Å². The lowest BCUT2D eigenvalue weighted by molar-refractivity contribution is 0.422. The van der Waals surface area contributed by atoms with Crippen molar-refractivity contribution in [2.24, 2.45) is 0 Å². The van der Waals surface area contributed by atoms with Gasteiger partial charge in [-0.1, -0.05) is 11.6 Å². The Morgan fingerprint density at radius 3 is 2.90 bits per heavy atom. The van der Waals surface area contributed by atoms with Gasteiger partial charge in [0.2, 0.25) is 5.88 Å². The van der Waals surface area contributed by atoms with Crippen LogP contribution in [0, 0.1) is 17.1 Å². The quantitative estimate of drug-likeness (QED) is 0.813. The molecule has 0 saturated heterocycles. The van der Waals surface area contributed by atoms with Crippen LogP contribution in [-0.4, -0.2) is 19.2 Å². The zero-order chi connectivity index (χ0) is 15.1. The second-order valence-electron chi connectivity index (χ2n) is 4.74. The third-order valence-corrected chi connectivity index (χ3v) is 3.79. The second-order valence-corrected chi connectivity index (χ2v) is 5.10. The van der Waals surface area contributed by atoms with E-state index < -0.39 is 17.3 Å². The summed E-state index contributed by atoms with van der Waals surface area (Å²) in [5, 5.41) is 18.7. The summed E-state index contributed by atoms with van der Waals surface area (Å²) in [5.74, 6) is -1.62. The molecule has 1 N–H and O–H groups in total. The first-order valence-electron chi connectivity index (χ1n) is 6.34. The maximum Gasteiger partial charge on any atom is 0.337 e. The Kier molecular flexibility index (Phi) is 3.18. The molecule has 1 aliphatic rings. The van der Waals surface area contributed by atoms with Crippen LogP contribution in [0.3, 0.4) is 0 Å². The van der Waals surface area contributed by atoms with Crippen molar-refractivity contribution in [2.45, 2.75) is 25.8 Å². The molecule has 108 valence electrons. The van der Waals surface area contributed by atoms with Gasteiger partial charge in [0, 0.05) is 6.54 Å². The number of aromatic hydroxyl groups is 1. The number of nitrogens with zero attached hydrogens (tertiary/aromatic N) is 4. The van der Waals surface area contributed by atoms with E-state index in [9.17, 15) is 14.3 Å². The molecular formula is C13H10ClFN4O2. The maximum absolute atomic E-state index is 14.1. The molecule has 0 aromatic carbocycles. The zero-order valence-electron chi connectivity index (χ0n) is 10.8. The van der Waals surface area contributed by atoms with Crippen LogP contribution in [-0.2, 0) is 13.0 Å². The molecule has 0 spiro atoms. The molecule has 2 aromatic rings. The molecule has 0 amide bonds. The lowest BCUT2D eigenvalue weighted by Crippen LogP contribution is -2.27. The summed E-state index contributed by atoms with van der Waals surface area (Å²) < 4.78 is 16.3. The fraction of sp³-hybridized carbons (Fsp3) is 0.308. The average molecular weight is 309 g/mol. The third kappa shape index (κ3) is 1.99. The highest BCUT2D eigenvalue weighted by molar-refractivity contribution is 6.30. The van der Waals surface area contributed by atoms with E-state index in [1.54, 1.807) is 6.07 Å². The minimum absolute atomic E-state index is 0.130. The number of aromatic nitrogens is 3. The van der Waals surface area contributed by atoms with Crippen molar-refractivity contribution >= 4 is 11.6 Å². The molecule has 3 heterocycles. The van der Waals surface area contributed by atoms with Crippen LogP contribution in [0.1, 0.15) is 24.1 Å². The number of nitriles is 1. The number of hydrogen-bond donors (Lipinski definition) is 1. The number of imidazole rings is 1. The topological polar surface area (TPSA) is 83.8 Å². The van der Waals surface area contributed by atoms with Gasteiger partial charge in [-0.3, -0.25) is 4.57 Å². The number of halogens is 2. The van der Waals surface area contributed by atoms with E-state index in [4.69, 9.17) is 16.9 Å². The first-order valence-corrected chi connectivity index (χ1v) is 6.72. The predicted octanol–water partition coefficient (Wildman–Crippen LogP) is 1.74. The molecule has 0 unspecified atom stereocenters. The summed E-state index contributed by atoms with van der Waals surface area (Å²) in [6, 6.07) is 2.60. The number of hydrogen-bond acceptors (Lipinski definition) is 4. The molecule has 0 saturated carbocycles. The average Bonchev–Trinajstić information content (AvgIpc) is 2.74. The molecule has 21 heavy (non-hydrogen) atoms. The van der Waals surface area contributed by atoms with Crippen molar-refractivity contribution in [3.05, 3.63) is 38.8 Å². The van der Waals surface area contributed by atoms with Crippen molar-refractivity contribution in [2.75, 3.05) is 0 Å². The van der Waals surface area contributed by atoms with Gasteiger partial charge in [-0.25, -0.2) is 18.7 Å². The summed E-state index contributed by atoms with van der Waals surface area (Å²) in [6.07, 6.45) is 2.21. The van der Waals surface area contributed by atoms with E-state index in [-0.39, 0.29) is 16.6 Å². The molecule has 0 atom stereocenters. The Balaban J connectivity index is 2.28. The van der Waals surface area contributed by atoms with Crippen LogP contribution < -0.4 is 5.69 Å². The zero-order valence-corrected chi connectivity index (χ0v) is 11.6. The van der Waals surface area contributed by atoms with Crippen LogP contribution in [0.2, 0.25) is 5.15 Å². The normalized spacial score (nSPS) is 13.8. The monoisotopic (exact) mass is 308 g/mol. The van der Waals surface area contributed by atoms with Crippen LogP contribution in [0.4, 0.5) is 4.39 Å². The van der Waals surface area contributed by atoms with Crippen LogP contribution in [0.25, 0.3) is 5.82 Å². The van der Waals surface area contributed by atoms with Crippen LogP contribution in [0.5, 0.6) is 5.88 Å². The van der Waals surface area contributed by atoms with Crippen LogP contribution >= 0.6 is 11.6 Å². The van der Waals surface area contributed by atoms with Crippen molar-refractivity contribution in [1.29, 1.82) is 5.26 Å². The number of fused-ring (bicyclic) bond motifs is 1. The molecule has 2 aromatic heterocycles. The number of pyridine rings is 1. The van der Waals surface area contributed by atoms with Gasteiger partial charge in [-0.15, -0.1) is 0 Å². The standard InChI is InChI=1S/C13H10ClFN4O2/c14-10-7(6-16)5-8(15)11(17-10)19-12(20)9-3-1-2-4-18(9)13(19)21/h5,20H,1-4H2. The van der Waals surface area contributed by atoms with Crippen LogP contribution in [0.15, 0.2) is 10.9 Å². The fourth-order valence-corrected chi connectivity index (χ4v) is 2.68. The largest absolute Gasteiger partial charge is 0.493 e. The van der Waals surface area contributed by atoms with E-state index in [1.807, 2.05) is 0 Å². The Hall–Kier alpha value is -2.33. The van der Waals surface area contributed by atoms with Gasteiger partial charge >= 0.3 is 5.69 Å². The molecule has 0 bridgehead atoms. The Morgan fingerprint density at radius 1 is 1.48 bits per heavy atom. The van der Waals surface area contributed by atoms with Gasteiger partial charge in [-0.2, -0.15) is 5.26 Å². The lowest BCUT2D eigenvalue weighted by Gasteiger charge is -2.11. The van der Waals surface area contributed by atoms with E-state index in [1.165, 1.54) is 4.57 Å². The highest BCUT2D eigenvalue weighted by Crippen LogP contribution is 2.27. The summed E-state index contributed by atoms with van der Waals surface area (Å²) >= 11 is 5.78. The molecule has 3 rings (SSSR count). The summed E-state index contributed by atoms with van der Waals surface area (Å²) in [5.41, 5.74) is -0.225. The van der Waals surface area contributed by atoms with E-state index in [0.29, 0.717) is 18.7 Å². The second kappa shape index (κ2) is 4.90. The minimum atomic E-state index is -0.892. The summed E-state index contributed by atoms with van der Waals surface area (Å²) in [6.45, 7) is 0.473. The smallest absolute Gasteiger partial charge is 0.337 e. The molecule has 1 aliphatic heterocycles. The third-order valence-electron chi connectivity index (χ3n) is 3.51. The van der Waals surface area contributed by atoms with Gasteiger partial charge in [0.25, 0.3) is 0 Å². The Morgan fingerprint density at radius 2 is 2.24 bits per heavy atom. The van der Waals surface area contributed by atoms with Crippen molar-refractivity contribution in [3.63, 3.8) is 0 Å². The lowest BCUT2D eigenvalue weighted by atomic mass is 10.1. The first kappa shape index (κ1) is 13.6. The SMILES string of the molecule is N#Cc1cc(F)c(-n2c(O)c3n(c2=O)CCCC3)nc1Cl. The number of rotatable bonds is 1. The molecular weight excluding hydrogens is 299 g/mol. The van der Waals surface area contributed by atoms with Crippen molar-refractivity contribution < 1.29 is 9.50 Å². The van der Waals surface area contributed by atoms with E-state index >= 15 is 0 Å². The Bertz CT molecular complexity index is 834. The minimum Gasteiger partial charge on any atom is -0.493 e. The predicted molar refractivity (Wildman–Crippen MR) is 72.1 cm³/mol. The van der Waals surface area contributed by atoms with Crippen molar-refractivity contribution in [1.82, 2.24) is 14.1 Å². The fourth-order valence-electron chi connectivity index (χ4n) is 2.50. The molecule has 6 nitrogen and oxygen atoms in total. The van der Waals surface area contributed by atoms with E-state index in [0.717, 1.165) is 23.5 Å². The van der Waals surface area contributed by atoms with Gasteiger partial charge in [0.05, 0.1) is 11.3 Å². The molecule has 0 fully saturated rings. The maximum atomic E-state index is 14.1. The van der Waals surface area contributed by atoms with Gasteiger partial charge in [-0.05, 0) is 25.3 Å². The molecule has 0 radical (unpaired) electrons. The first-order chi connectivity index (χ1) is 10.0. The highest BCUT2D eigenvalue weighted by Gasteiger charge is 2.25. The summed E-state index contributed by atoms with van der Waals surface area (Å²) in [7, 11) is 0. The Labute approximate surface area is 123 Å². The van der Waals surface area contributed by atoms with Gasteiger partial charge < -0.3 is 5.11 Å². The molecule has 8 heteroatoms. The van der Waals surface area contributed by atoms with Gasteiger partial charge in [0.1, 0.15) is 11.2 Å².